The number of halogens is 1. The summed E-state index contributed by atoms with van der Waals surface area (Å²) in [6.07, 6.45) is 3.44. The van der Waals surface area contributed by atoms with Gasteiger partial charge in [0.1, 0.15) is 22.8 Å². The van der Waals surface area contributed by atoms with Gasteiger partial charge < -0.3 is 9.64 Å². The first-order valence-corrected chi connectivity index (χ1v) is 10.0. The highest BCUT2D eigenvalue weighted by molar-refractivity contribution is 6.30. The zero-order valence-corrected chi connectivity index (χ0v) is 16.9. The fraction of sp³-hybridized carbons (Fsp3) is 0.409. The number of aromatic nitrogens is 2. The Morgan fingerprint density at radius 3 is 2.82 bits per heavy atom. The smallest absolute Gasteiger partial charge is 0.138 e. The molecule has 5 nitrogen and oxygen atoms in total. The van der Waals surface area contributed by atoms with E-state index in [4.69, 9.17) is 21.3 Å². The Bertz CT molecular complexity index is 974. The fourth-order valence-corrected chi connectivity index (χ4v) is 5.16. The van der Waals surface area contributed by atoms with Gasteiger partial charge in [-0.3, -0.25) is 4.99 Å². The number of rotatable bonds is 3. The molecule has 4 heterocycles. The van der Waals surface area contributed by atoms with Gasteiger partial charge in [0, 0.05) is 30.5 Å². The van der Waals surface area contributed by atoms with E-state index in [2.05, 4.69) is 47.4 Å². The Labute approximate surface area is 170 Å². The minimum absolute atomic E-state index is 0.0937. The molecule has 0 radical (unpaired) electrons. The lowest BCUT2D eigenvalue weighted by molar-refractivity contribution is -0.115. The van der Waals surface area contributed by atoms with E-state index < -0.39 is 0 Å². The molecule has 5 rings (SSSR count). The number of fused-ring (bicyclic) bond motifs is 4. The molecule has 1 aromatic carbocycles. The van der Waals surface area contributed by atoms with Crippen LogP contribution >= 0.6 is 11.6 Å². The number of aliphatic imine (C=N–C) groups is 1. The second-order valence-corrected chi connectivity index (χ2v) is 8.68. The van der Waals surface area contributed by atoms with E-state index in [0.717, 1.165) is 29.2 Å². The van der Waals surface area contributed by atoms with Crippen LogP contribution in [0.4, 0.5) is 5.82 Å². The predicted molar refractivity (Wildman–Crippen MR) is 111 cm³/mol. The van der Waals surface area contributed by atoms with Crippen LogP contribution in [0.3, 0.4) is 0 Å². The Hall–Kier alpha value is -2.24. The van der Waals surface area contributed by atoms with Gasteiger partial charge in [-0.2, -0.15) is 0 Å². The number of anilines is 1. The molecule has 3 aliphatic rings. The van der Waals surface area contributed by atoms with E-state index in [1.807, 2.05) is 24.3 Å². The van der Waals surface area contributed by atoms with Gasteiger partial charge in [-0.25, -0.2) is 9.97 Å². The zero-order valence-electron chi connectivity index (χ0n) is 16.1. The minimum atomic E-state index is -0.384. The number of benzene rings is 1. The molecule has 1 fully saturated rings. The average Bonchev–Trinajstić information content (AvgIpc) is 3.42. The van der Waals surface area contributed by atoms with E-state index >= 15 is 0 Å². The van der Waals surface area contributed by atoms with Gasteiger partial charge in [-0.1, -0.05) is 48.0 Å². The van der Waals surface area contributed by atoms with Crippen LogP contribution < -0.4 is 4.90 Å². The second-order valence-electron chi connectivity index (χ2n) is 8.32. The van der Waals surface area contributed by atoms with Crippen LogP contribution in [-0.4, -0.2) is 46.5 Å². The highest BCUT2D eigenvalue weighted by atomic mass is 35.5. The van der Waals surface area contributed by atoms with Crippen LogP contribution in [0, 0.1) is 5.92 Å². The van der Waals surface area contributed by atoms with Crippen LogP contribution in [-0.2, 0) is 4.74 Å². The van der Waals surface area contributed by atoms with E-state index in [1.54, 1.807) is 6.33 Å². The van der Waals surface area contributed by atoms with Gasteiger partial charge in [0.15, 0.2) is 0 Å². The molecular formula is C22H23ClN4O. The van der Waals surface area contributed by atoms with Crippen molar-refractivity contribution in [2.24, 2.45) is 10.9 Å². The third-order valence-corrected chi connectivity index (χ3v) is 6.69. The van der Waals surface area contributed by atoms with Crippen LogP contribution in [0.1, 0.15) is 30.9 Å². The maximum Gasteiger partial charge on any atom is 0.138 e. The highest BCUT2D eigenvalue weighted by Gasteiger charge is 2.65. The Morgan fingerprint density at radius 1 is 1.29 bits per heavy atom. The van der Waals surface area contributed by atoms with E-state index in [1.165, 1.54) is 0 Å². The van der Waals surface area contributed by atoms with Gasteiger partial charge in [0.25, 0.3) is 0 Å². The molecule has 0 unspecified atom stereocenters. The Morgan fingerprint density at radius 2 is 2.07 bits per heavy atom. The summed E-state index contributed by atoms with van der Waals surface area (Å²) in [6, 6.07) is 10.3. The molecule has 2 aromatic rings. The molecule has 0 amide bonds. The first-order chi connectivity index (χ1) is 13.5. The molecule has 144 valence electrons. The quantitative estimate of drug-likeness (QED) is 0.585. The van der Waals surface area contributed by atoms with Crippen molar-refractivity contribution in [3.05, 3.63) is 65.6 Å². The third kappa shape index (κ3) is 2.46. The average molecular weight is 395 g/mol. The van der Waals surface area contributed by atoms with Crippen molar-refractivity contribution in [1.82, 2.24) is 9.97 Å². The molecule has 0 bridgehead atoms. The Kier molecular flexibility index (Phi) is 3.90. The summed E-state index contributed by atoms with van der Waals surface area (Å²) in [5, 5.41) is 0.514. The minimum Gasteiger partial charge on any atom is -0.372 e. The van der Waals surface area contributed by atoms with Gasteiger partial charge in [-0.05, 0) is 19.4 Å². The normalized spacial score (nSPS) is 29.7. The summed E-state index contributed by atoms with van der Waals surface area (Å²) >= 11 is 6.67. The van der Waals surface area contributed by atoms with E-state index in [9.17, 15) is 0 Å². The van der Waals surface area contributed by atoms with Crippen LogP contribution in [0.5, 0.6) is 0 Å². The number of hydrogen-bond acceptors (Lipinski definition) is 5. The summed E-state index contributed by atoms with van der Waals surface area (Å²) in [5.74, 6) is 1.20. The lowest BCUT2D eigenvalue weighted by atomic mass is 9.64. The van der Waals surface area contributed by atoms with Crippen molar-refractivity contribution in [2.45, 2.75) is 30.9 Å². The molecule has 1 aromatic heterocycles. The zero-order chi connectivity index (χ0) is 19.5. The molecule has 1 saturated heterocycles. The molecule has 6 heteroatoms. The molecular weight excluding hydrogens is 372 g/mol. The maximum absolute atomic E-state index is 6.67. The monoisotopic (exact) mass is 394 g/mol. The van der Waals surface area contributed by atoms with Crippen LogP contribution in [0.25, 0.3) is 0 Å². The molecule has 28 heavy (non-hydrogen) atoms. The lowest BCUT2D eigenvalue weighted by Crippen LogP contribution is -2.59. The summed E-state index contributed by atoms with van der Waals surface area (Å²) in [7, 11) is 0. The highest BCUT2D eigenvalue weighted by Crippen LogP contribution is 2.59. The van der Waals surface area contributed by atoms with Gasteiger partial charge in [-0.15, -0.1) is 6.58 Å². The molecule has 1 spiro atoms. The molecule has 0 aliphatic carbocycles. The fourth-order valence-electron chi connectivity index (χ4n) is 4.92. The second kappa shape index (κ2) is 6.13. The van der Waals surface area contributed by atoms with Crippen LogP contribution in [0.2, 0.25) is 5.15 Å². The summed E-state index contributed by atoms with van der Waals surface area (Å²) in [6.45, 7) is 10.3. The van der Waals surface area contributed by atoms with Gasteiger partial charge >= 0.3 is 0 Å². The van der Waals surface area contributed by atoms with Crippen molar-refractivity contribution in [1.29, 1.82) is 0 Å². The molecule has 0 N–H and O–H groups in total. The largest absolute Gasteiger partial charge is 0.372 e. The van der Waals surface area contributed by atoms with Crippen molar-refractivity contribution in [2.75, 3.05) is 24.6 Å². The first-order valence-electron chi connectivity index (χ1n) is 9.64. The van der Waals surface area contributed by atoms with Crippen LogP contribution in [0.15, 0.2) is 54.3 Å². The lowest BCUT2D eigenvalue weighted by Gasteiger charge is -2.52. The van der Waals surface area contributed by atoms with Crippen molar-refractivity contribution in [3.63, 3.8) is 0 Å². The van der Waals surface area contributed by atoms with Crippen molar-refractivity contribution < 1.29 is 4.74 Å². The molecule has 0 saturated carbocycles. The van der Waals surface area contributed by atoms with Crippen molar-refractivity contribution in [3.8, 4) is 0 Å². The van der Waals surface area contributed by atoms with Crippen molar-refractivity contribution >= 4 is 23.1 Å². The van der Waals surface area contributed by atoms with Gasteiger partial charge in [0.2, 0.25) is 0 Å². The molecule has 3 atom stereocenters. The number of ether oxygens (including phenoxy) is 1. The SMILES string of the molecule is C=CCN1C[C@@H]2[C@H](c3c(Cl)ncnc31)[C@@]1(COC2(C)C)N=C1c1ccccc1. The third-order valence-electron chi connectivity index (χ3n) is 6.38. The number of hydrogen-bond donors (Lipinski definition) is 0. The van der Waals surface area contributed by atoms with Gasteiger partial charge in [0.05, 0.1) is 17.9 Å². The topological polar surface area (TPSA) is 50.6 Å². The summed E-state index contributed by atoms with van der Waals surface area (Å²) < 4.78 is 6.39. The number of nitrogens with zero attached hydrogens (tertiary/aromatic N) is 4. The maximum atomic E-state index is 6.67. The first kappa shape index (κ1) is 17.8. The Balaban J connectivity index is 1.65. The molecule has 3 aliphatic heterocycles. The summed E-state index contributed by atoms with van der Waals surface area (Å²) in [4.78, 5) is 16.2. The standard InChI is InChI=1S/C22H23ClN4O/c1-4-10-27-11-15-17(16-19(23)24-13-25-20(16)27)22(12-28-21(15,2)3)18(26-22)14-8-6-5-7-9-14/h4-9,13,15,17H,1,10-12H2,2-3H3/t15-,17-,22-/m1/s1. The van der Waals surface area contributed by atoms with E-state index in [0.29, 0.717) is 18.3 Å². The predicted octanol–water partition coefficient (Wildman–Crippen LogP) is 3.89. The summed E-state index contributed by atoms with van der Waals surface area (Å²) in [5.41, 5.74) is 2.55. The van der Waals surface area contributed by atoms with E-state index in [-0.39, 0.29) is 23.0 Å².